The Balaban J connectivity index is 1.84. The molecule has 5 nitrogen and oxygen atoms in total. The Labute approximate surface area is 126 Å². The smallest absolute Gasteiger partial charge is 0.339 e. The Morgan fingerprint density at radius 1 is 1.38 bits per heavy atom. The van der Waals surface area contributed by atoms with Gasteiger partial charge in [0, 0.05) is 25.7 Å². The first-order valence-electron chi connectivity index (χ1n) is 7.33. The number of carboxylic acids is 1. The van der Waals surface area contributed by atoms with Gasteiger partial charge in [-0.05, 0) is 32.1 Å². The van der Waals surface area contributed by atoms with Crippen LogP contribution in [0.15, 0.2) is 24.3 Å². The number of aromatic carboxylic acids is 1. The summed E-state index contributed by atoms with van der Waals surface area (Å²) in [5.74, 6) is 0.140. The monoisotopic (exact) mass is 292 g/mol. The van der Waals surface area contributed by atoms with Crippen molar-refractivity contribution in [1.82, 2.24) is 9.80 Å². The van der Waals surface area contributed by atoms with Crippen molar-refractivity contribution in [2.75, 3.05) is 40.3 Å². The van der Waals surface area contributed by atoms with E-state index in [1.54, 1.807) is 24.3 Å². The van der Waals surface area contributed by atoms with Gasteiger partial charge >= 0.3 is 5.97 Å². The van der Waals surface area contributed by atoms with Crippen LogP contribution in [0.5, 0.6) is 5.75 Å². The fourth-order valence-electron chi connectivity index (χ4n) is 2.96. The van der Waals surface area contributed by atoms with Crippen LogP contribution in [0.3, 0.4) is 0 Å². The molecule has 0 bridgehead atoms. The number of rotatable bonds is 6. The highest BCUT2D eigenvalue weighted by Crippen LogP contribution is 2.21. The van der Waals surface area contributed by atoms with Gasteiger partial charge in [0.1, 0.15) is 17.9 Å². The third-order valence-corrected chi connectivity index (χ3v) is 4.09. The van der Waals surface area contributed by atoms with Gasteiger partial charge in [-0.1, -0.05) is 19.1 Å². The molecule has 1 aromatic rings. The lowest BCUT2D eigenvalue weighted by molar-refractivity contribution is 0.0691. The summed E-state index contributed by atoms with van der Waals surface area (Å²) >= 11 is 0. The van der Waals surface area contributed by atoms with Gasteiger partial charge in [-0.15, -0.1) is 0 Å². The molecule has 1 N–H and O–H groups in total. The van der Waals surface area contributed by atoms with Gasteiger partial charge in [-0.2, -0.15) is 0 Å². The van der Waals surface area contributed by atoms with E-state index in [9.17, 15) is 4.79 Å². The fraction of sp³-hybridized carbons (Fsp3) is 0.562. The minimum atomic E-state index is -0.951. The lowest BCUT2D eigenvalue weighted by Gasteiger charge is -2.22. The van der Waals surface area contributed by atoms with Crippen LogP contribution < -0.4 is 4.74 Å². The van der Waals surface area contributed by atoms with E-state index in [1.165, 1.54) is 0 Å². The predicted molar refractivity (Wildman–Crippen MR) is 82.0 cm³/mol. The van der Waals surface area contributed by atoms with Crippen LogP contribution in [0.25, 0.3) is 0 Å². The van der Waals surface area contributed by atoms with Crippen molar-refractivity contribution < 1.29 is 14.6 Å². The largest absolute Gasteiger partial charge is 0.491 e. The molecule has 1 saturated heterocycles. The Morgan fingerprint density at radius 2 is 2.10 bits per heavy atom. The molecular formula is C16H24N2O3. The number of hydrogen-bond acceptors (Lipinski definition) is 4. The summed E-state index contributed by atoms with van der Waals surface area (Å²) in [5.41, 5.74) is 0.221. The zero-order valence-electron chi connectivity index (χ0n) is 13.0. The van der Waals surface area contributed by atoms with E-state index in [-0.39, 0.29) is 5.56 Å². The number of carboxylic acid groups (broad SMARTS) is 1. The summed E-state index contributed by atoms with van der Waals surface area (Å²) in [6, 6.07) is 7.36. The Hall–Kier alpha value is -1.59. The summed E-state index contributed by atoms with van der Waals surface area (Å²) in [7, 11) is 4.23. The van der Waals surface area contributed by atoms with Crippen LogP contribution in [-0.2, 0) is 0 Å². The van der Waals surface area contributed by atoms with Crippen molar-refractivity contribution in [2.24, 2.45) is 5.92 Å². The molecule has 0 radical (unpaired) electrons. The summed E-state index contributed by atoms with van der Waals surface area (Å²) in [6.07, 6.45) is 0. The number of ether oxygens (including phenoxy) is 1. The number of hydrogen-bond donors (Lipinski definition) is 1. The minimum Gasteiger partial charge on any atom is -0.491 e. The molecule has 1 aliphatic heterocycles. The van der Waals surface area contributed by atoms with Crippen molar-refractivity contribution in [1.29, 1.82) is 0 Å². The summed E-state index contributed by atoms with van der Waals surface area (Å²) < 4.78 is 5.66. The molecule has 21 heavy (non-hydrogen) atoms. The number of likely N-dealkylation sites (N-methyl/N-ethyl adjacent to an activating group) is 1. The highest BCUT2D eigenvalue weighted by molar-refractivity contribution is 5.90. The van der Waals surface area contributed by atoms with Crippen LogP contribution in [0.1, 0.15) is 17.3 Å². The number of benzene rings is 1. The van der Waals surface area contributed by atoms with Crippen molar-refractivity contribution in [2.45, 2.75) is 13.0 Å². The highest BCUT2D eigenvalue weighted by Gasteiger charge is 2.30. The van der Waals surface area contributed by atoms with Gasteiger partial charge in [0.15, 0.2) is 0 Å². The zero-order chi connectivity index (χ0) is 15.4. The third-order valence-electron chi connectivity index (χ3n) is 4.09. The number of nitrogens with zero attached hydrogens (tertiary/aromatic N) is 2. The predicted octanol–water partition coefficient (Wildman–Crippen LogP) is 1.65. The lowest BCUT2D eigenvalue weighted by Crippen LogP contribution is -2.35. The van der Waals surface area contributed by atoms with E-state index in [0.717, 1.165) is 19.6 Å². The van der Waals surface area contributed by atoms with Crippen molar-refractivity contribution in [3.63, 3.8) is 0 Å². The maximum atomic E-state index is 11.1. The fourth-order valence-corrected chi connectivity index (χ4v) is 2.96. The zero-order valence-corrected chi connectivity index (χ0v) is 13.0. The molecule has 2 rings (SSSR count). The van der Waals surface area contributed by atoms with Gasteiger partial charge in [0.25, 0.3) is 0 Å². The van der Waals surface area contributed by atoms with Crippen molar-refractivity contribution >= 4 is 5.97 Å². The van der Waals surface area contributed by atoms with Gasteiger partial charge in [0.05, 0.1) is 0 Å². The van der Waals surface area contributed by atoms with E-state index in [4.69, 9.17) is 9.84 Å². The molecule has 2 atom stereocenters. The molecule has 0 aliphatic carbocycles. The summed E-state index contributed by atoms with van der Waals surface area (Å²) in [4.78, 5) is 15.7. The Morgan fingerprint density at radius 3 is 2.71 bits per heavy atom. The Bertz CT molecular complexity index is 490. The maximum Gasteiger partial charge on any atom is 0.339 e. The van der Waals surface area contributed by atoms with Gasteiger partial charge in [-0.3, -0.25) is 4.90 Å². The van der Waals surface area contributed by atoms with Crippen molar-refractivity contribution in [3.8, 4) is 5.75 Å². The van der Waals surface area contributed by atoms with Gasteiger partial charge in [0.2, 0.25) is 0 Å². The number of para-hydroxylation sites is 1. The molecule has 1 heterocycles. The third kappa shape index (κ3) is 3.95. The van der Waals surface area contributed by atoms with Crippen LogP contribution in [0, 0.1) is 5.92 Å². The second-order valence-electron chi connectivity index (χ2n) is 5.92. The quantitative estimate of drug-likeness (QED) is 0.864. The molecule has 5 heteroatoms. The number of likely N-dealkylation sites (tertiary alicyclic amines) is 1. The van der Waals surface area contributed by atoms with Crippen LogP contribution in [-0.4, -0.2) is 67.3 Å². The molecule has 2 unspecified atom stereocenters. The van der Waals surface area contributed by atoms with E-state index >= 15 is 0 Å². The topological polar surface area (TPSA) is 53.0 Å². The average Bonchev–Trinajstić information content (AvgIpc) is 2.80. The second-order valence-corrected chi connectivity index (χ2v) is 5.92. The molecule has 0 spiro atoms. The molecule has 0 saturated carbocycles. The SMILES string of the molecule is CC1CN(CCOc2ccccc2C(=O)O)CC1N(C)C. The summed E-state index contributed by atoms with van der Waals surface area (Å²) in [5, 5.41) is 9.11. The minimum absolute atomic E-state index is 0.221. The van der Waals surface area contributed by atoms with E-state index in [2.05, 4.69) is 30.8 Å². The first kappa shape index (κ1) is 15.8. The molecule has 0 aromatic heterocycles. The first-order valence-corrected chi connectivity index (χ1v) is 7.33. The molecule has 1 fully saturated rings. The van der Waals surface area contributed by atoms with E-state index < -0.39 is 5.97 Å². The normalized spacial score (nSPS) is 22.7. The highest BCUT2D eigenvalue weighted by atomic mass is 16.5. The Kier molecular flexibility index (Phi) is 5.20. The molecule has 1 aromatic carbocycles. The van der Waals surface area contributed by atoms with E-state index in [0.29, 0.717) is 24.3 Å². The van der Waals surface area contributed by atoms with Crippen LogP contribution in [0.4, 0.5) is 0 Å². The molecule has 1 aliphatic rings. The molecule has 116 valence electrons. The maximum absolute atomic E-state index is 11.1. The second kappa shape index (κ2) is 6.91. The lowest BCUT2D eigenvalue weighted by atomic mass is 10.1. The van der Waals surface area contributed by atoms with E-state index in [1.807, 2.05) is 0 Å². The van der Waals surface area contributed by atoms with Crippen LogP contribution >= 0.6 is 0 Å². The first-order chi connectivity index (χ1) is 9.99. The molecule has 0 amide bonds. The van der Waals surface area contributed by atoms with Gasteiger partial charge < -0.3 is 14.7 Å². The van der Waals surface area contributed by atoms with Crippen LogP contribution in [0.2, 0.25) is 0 Å². The number of carbonyl (C=O) groups is 1. The van der Waals surface area contributed by atoms with Gasteiger partial charge in [-0.25, -0.2) is 4.79 Å². The van der Waals surface area contributed by atoms with Crippen molar-refractivity contribution in [3.05, 3.63) is 29.8 Å². The average molecular weight is 292 g/mol. The standard InChI is InChI=1S/C16H24N2O3/c1-12-10-18(11-14(12)17(2)3)8-9-21-15-7-5-4-6-13(15)16(19)20/h4-7,12,14H,8-11H2,1-3H3,(H,19,20). The molecular weight excluding hydrogens is 268 g/mol. The summed E-state index contributed by atoms with van der Waals surface area (Å²) in [6.45, 7) is 5.70.